The van der Waals surface area contributed by atoms with Crippen LogP contribution < -0.4 is 15.1 Å². The minimum absolute atomic E-state index is 0.0621. The summed E-state index contributed by atoms with van der Waals surface area (Å²) in [5.74, 6) is -0.942. The molecule has 0 aliphatic heterocycles. The molecule has 0 saturated carbocycles. The maximum atomic E-state index is 13.0. The van der Waals surface area contributed by atoms with Gasteiger partial charge in [0.1, 0.15) is 17.4 Å². The van der Waals surface area contributed by atoms with Gasteiger partial charge in [-0.05, 0) is 55.5 Å². The predicted molar refractivity (Wildman–Crippen MR) is 130 cm³/mol. The van der Waals surface area contributed by atoms with Gasteiger partial charge in [0.25, 0.3) is 0 Å². The molecule has 1 aromatic heterocycles. The number of hydrogen-bond acceptors (Lipinski definition) is 6. The van der Waals surface area contributed by atoms with Gasteiger partial charge in [0.2, 0.25) is 10.0 Å². The highest BCUT2D eigenvalue weighted by molar-refractivity contribution is 7.89. The SMILES string of the molecule is Cc1ccc(S(=O)(=O)NC(C(=O)Oc2ccc3c(oc(=O)c4ccccc43)c2C)C(C)C)cc1. The van der Waals surface area contributed by atoms with Gasteiger partial charge < -0.3 is 9.15 Å². The Balaban J connectivity index is 1.66. The first-order valence-electron chi connectivity index (χ1n) is 10.8. The van der Waals surface area contributed by atoms with Crippen molar-refractivity contribution in [2.24, 2.45) is 5.92 Å². The van der Waals surface area contributed by atoms with Gasteiger partial charge >= 0.3 is 11.6 Å². The molecule has 1 atom stereocenters. The van der Waals surface area contributed by atoms with Gasteiger partial charge in [0, 0.05) is 10.9 Å². The largest absolute Gasteiger partial charge is 0.425 e. The van der Waals surface area contributed by atoms with Crippen LogP contribution in [0.1, 0.15) is 25.0 Å². The second-order valence-corrected chi connectivity index (χ2v) is 10.3. The Morgan fingerprint density at radius 1 is 0.912 bits per heavy atom. The molecule has 0 saturated heterocycles. The number of carbonyl (C=O) groups is 1. The lowest BCUT2D eigenvalue weighted by molar-refractivity contribution is -0.137. The van der Waals surface area contributed by atoms with E-state index >= 15 is 0 Å². The third-order valence-corrected chi connectivity index (χ3v) is 7.19. The van der Waals surface area contributed by atoms with E-state index in [1.807, 2.05) is 19.1 Å². The molecule has 0 spiro atoms. The zero-order valence-corrected chi connectivity index (χ0v) is 20.1. The number of aryl methyl sites for hydroxylation is 2. The molecule has 0 amide bonds. The molecule has 0 radical (unpaired) electrons. The van der Waals surface area contributed by atoms with E-state index in [2.05, 4.69) is 4.72 Å². The summed E-state index contributed by atoms with van der Waals surface area (Å²) in [6.45, 7) is 6.99. The van der Waals surface area contributed by atoms with Crippen molar-refractivity contribution in [1.29, 1.82) is 0 Å². The van der Waals surface area contributed by atoms with E-state index < -0.39 is 27.7 Å². The summed E-state index contributed by atoms with van der Waals surface area (Å²) in [7, 11) is -3.94. The van der Waals surface area contributed by atoms with E-state index in [4.69, 9.17) is 9.15 Å². The van der Waals surface area contributed by atoms with E-state index in [1.165, 1.54) is 12.1 Å². The summed E-state index contributed by atoms with van der Waals surface area (Å²) >= 11 is 0. The predicted octanol–water partition coefficient (Wildman–Crippen LogP) is 4.47. The lowest BCUT2D eigenvalue weighted by Gasteiger charge is -2.21. The number of sulfonamides is 1. The van der Waals surface area contributed by atoms with Gasteiger partial charge in [-0.2, -0.15) is 4.72 Å². The number of fused-ring (bicyclic) bond motifs is 3. The molecule has 1 heterocycles. The highest BCUT2D eigenvalue weighted by atomic mass is 32.2. The smallest absolute Gasteiger partial charge is 0.344 e. The lowest BCUT2D eigenvalue weighted by Crippen LogP contribution is -2.46. The first-order chi connectivity index (χ1) is 16.1. The highest BCUT2D eigenvalue weighted by Crippen LogP contribution is 2.31. The van der Waals surface area contributed by atoms with Gasteiger partial charge in [0.05, 0.1) is 10.3 Å². The monoisotopic (exact) mass is 479 g/mol. The minimum atomic E-state index is -3.94. The van der Waals surface area contributed by atoms with Crippen LogP contribution in [0.3, 0.4) is 0 Å². The van der Waals surface area contributed by atoms with Gasteiger partial charge in [-0.25, -0.2) is 18.0 Å². The van der Waals surface area contributed by atoms with E-state index in [0.29, 0.717) is 21.9 Å². The number of hydrogen-bond donors (Lipinski definition) is 1. The van der Waals surface area contributed by atoms with Crippen LogP contribution in [0.25, 0.3) is 21.7 Å². The van der Waals surface area contributed by atoms with Crippen LogP contribution >= 0.6 is 0 Å². The number of benzene rings is 3. The molecular formula is C26H25NO6S. The minimum Gasteiger partial charge on any atom is -0.425 e. The maximum Gasteiger partial charge on any atom is 0.344 e. The van der Waals surface area contributed by atoms with Crippen molar-refractivity contribution >= 4 is 37.7 Å². The summed E-state index contributed by atoms with van der Waals surface area (Å²) in [6.07, 6.45) is 0. The molecule has 3 aromatic carbocycles. The maximum absolute atomic E-state index is 13.0. The van der Waals surface area contributed by atoms with Crippen molar-refractivity contribution in [3.8, 4) is 5.75 Å². The Hall–Kier alpha value is -3.49. The molecule has 8 heteroatoms. The molecular weight excluding hydrogens is 454 g/mol. The second-order valence-electron chi connectivity index (χ2n) is 8.58. The zero-order valence-electron chi connectivity index (χ0n) is 19.3. The molecule has 1 N–H and O–H groups in total. The van der Waals surface area contributed by atoms with Crippen LogP contribution in [0.2, 0.25) is 0 Å². The number of esters is 1. The molecule has 4 aromatic rings. The average Bonchev–Trinajstić information content (AvgIpc) is 2.80. The van der Waals surface area contributed by atoms with Gasteiger partial charge in [-0.15, -0.1) is 0 Å². The van der Waals surface area contributed by atoms with Crippen molar-refractivity contribution < 1.29 is 22.4 Å². The topological polar surface area (TPSA) is 103 Å². The van der Waals surface area contributed by atoms with E-state index in [9.17, 15) is 18.0 Å². The third kappa shape index (κ3) is 4.47. The molecule has 1 unspecified atom stereocenters. The summed E-state index contributed by atoms with van der Waals surface area (Å²) in [4.78, 5) is 25.5. The van der Waals surface area contributed by atoms with Crippen LogP contribution in [-0.4, -0.2) is 20.4 Å². The highest BCUT2D eigenvalue weighted by Gasteiger charge is 2.30. The number of nitrogens with one attached hydrogen (secondary N) is 1. The Bertz CT molecular complexity index is 1550. The standard InChI is InChI=1S/C26H25NO6S/c1-15(2)23(27-34(30,31)18-11-9-16(3)10-12-18)26(29)32-22-14-13-20-19-7-5-6-8-21(19)25(28)33-24(20)17(22)4/h5-15,23,27H,1-4H3. The van der Waals surface area contributed by atoms with Crippen LogP contribution in [-0.2, 0) is 14.8 Å². The summed E-state index contributed by atoms with van der Waals surface area (Å²) in [6, 6.07) is 15.7. The molecule has 0 aliphatic carbocycles. The fourth-order valence-electron chi connectivity index (χ4n) is 3.75. The van der Waals surface area contributed by atoms with Crippen molar-refractivity contribution in [1.82, 2.24) is 4.72 Å². The lowest BCUT2D eigenvalue weighted by atomic mass is 10.0. The van der Waals surface area contributed by atoms with Crippen molar-refractivity contribution in [3.05, 3.63) is 82.2 Å². The molecule has 34 heavy (non-hydrogen) atoms. The van der Waals surface area contributed by atoms with Crippen molar-refractivity contribution in [2.45, 2.75) is 38.6 Å². The van der Waals surface area contributed by atoms with E-state index in [0.717, 1.165) is 10.9 Å². The van der Waals surface area contributed by atoms with Gasteiger partial charge in [0.15, 0.2) is 0 Å². The van der Waals surface area contributed by atoms with Crippen LogP contribution in [0.4, 0.5) is 0 Å². The van der Waals surface area contributed by atoms with Crippen molar-refractivity contribution in [2.75, 3.05) is 0 Å². The fourth-order valence-corrected chi connectivity index (χ4v) is 5.09. The number of carbonyl (C=O) groups excluding carboxylic acids is 1. The summed E-state index contributed by atoms with van der Waals surface area (Å²) in [5, 5.41) is 1.91. The Kier molecular flexibility index (Phi) is 6.29. The molecule has 0 bridgehead atoms. The normalized spacial score (nSPS) is 12.9. The second kappa shape index (κ2) is 9.04. The molecule has 7 nitrogen and oxygen atoms in total. The molecule has 176 valence electrons. The van der Waals surface area contributed by atoms with Gasteiger partial charge in [-0.1, -0.05) is 49.7 Å². The van der Waals surface area contributed by atoms with Gasteiger partial charge in [-0.3, -0.25) is 0 Å². The third-order valence-electron chi connectivity index (χ3n) is 5.73. The van der Waals surface area contributed by atoms with Crippen molar-refractivity contribution in [3.63, 3.8) is 0 Å². The van der Waals surface area contributed by atoms with E-state index in [1.54, 1.807) is 57.2 Å². The van der Waals surface area contributed by atoms with Crippen LogP contribution in [0.15, 0.2) is 74.8 Å². The summed E-state index contributed by atoms with van der Waals surface area (Å²) < 4.78 is 39.3. The fraction of sp³-hybridized carbons (Fsp3) is 0.231. The number of ether oxygens (including phenoxy) is 1. The first-order valence-corrected chi connectivity index (χ1v) is 12.3. The average molecular weight is 480 g/mol. The van der Waals surface area contributed by atoms with Crippen LogP contribution in [0.5, 0.6) is 5.75 Å². The zero-order chi connectivity index (χ0) is 24.6. The Morgan fingerprint density at radius 2 is 1.56 bits per heavy atom. The van der Waals surface area contributed by atoms with Crippen LogP contribution in [0, 0.1) is 19.8 Å². The van der Waals surface area contributed by atoms with E-state index in [-0.39, 0.29) is 16.6 Å². The quantitative estimate of drug-likeness (QED) is 0.189. The Labute approximate surface area is 197 Å². The molecule has 0 aliphatic rings. The molecule has 0 fully saturated rings. The molecule has 4 rings (SSSR count). The Morgan fingerprint density at radius 3 is 2.21 bits per heavy atom. The summed E-state index contributed by atoms with van der Waals surface area (Å²) in [5.41, 5.74) is 1.22. The number of rotatable bonds is 6. The first kappa shape index (κ1) is 23.7.